The smallest absolute Gasteiger partial charge is 0.225 e. The summed E-state index contributed by atoms with van der Waals surface area (Å²) >= 11 is 0. The molecular formula is C15H24N2O2. The molecule has 0 aliphatic rings. The van der Waals surface area contributed by atoms with Crippen LogP contribution in [0.2, 0.25) is 0 Å². The van der Waals surface area contributed by atoms with Gasteiger partial charge >= 0.3 is 0 Å². The van der Waals surface area contributed by atoms with Crippen molar-refractivity contribution in [3.05, 3.63) is 24.3 Å². The molecule has 0 radical (unpaired) electrons. The van der Waals surface area contributed by atoms with Crippen molar-refractivity contribution in [3.8, 4) is 5.75 Å². The van der Waals surface area contributed by atoms with Gasteiger partial charge < -0.3 is 15.8 Å². The van der Waals surface area contributed by atoms with Crippen LogP contribution in [0.1, 0.15) is 33.6 Å². The Kier molecular flexibility index (Phi) is 5.36. The van der Waals surface area contributed by atoms with Crippen LogP contribution in [0.5, 0.6) is 5.75 Å². The highest BCUT2D eigenvalue weighted by Gasteiger charge is 2.18. The summed E-state index contributed by atoms with van der Waals surface area (Å²) in [7, 11) is 1.61. The minimum atomic E-state index is -0.113. The lowest BCUT2D eigenvalue weighted by atomic mass is 9.87. The number of ether oxygens (including phenoxy) is 1. The highest BCUT2D eigenvalue weighted by Crippen LogP contribution is 2.21. The average Bonchev–Trinajstić information content (AvgIpc) is 2.27. The van der Waals surface area contributed by atoms with E-state index in [1.807, 2.05) is 24.3 Å². The number of methoxy groups -OCH3 is 1. The molecule has 1 rings (SSSR count). The predicted molar refractivity (Wildman–Crippen MR) is 78.3 cm³/mol. The normalized spacial score (nSPS) is 12.9. The van der Waals surface area contributed by atoms with Gasteiger partial charge in [-0.3, -0.25) is 4.79 Å². The van der Waals surface area contributed by atoms with Gasteiger partial charge in [0.1, 0.15) is 5.75 Å². The van der Waals surface area contributed by atoms with Crippen LogP contribution < -0.4 is 15.8 Å². The molecule has 1 amide bonds. The number of nitrogens with two attached hydrogens (primary N) is 1. The van der Waals surface area contributed by atoms with Crippen LogP contribution in [0.3, 0.4) is 0 Å². The molecule has 4 nitrogen and oxygen atoms in total. The molecule has 1 unspecified atom stereocenters. The van der Waals surface area contributed by atoms with Gasteiger partial charge in [-0.25, -0.2) is 0 Å². The Bertz CT molecular complexity index is 407. The quantitative estimate of drug-likeness (QED) is 0.859. The molecule has 0 spiro atoms. The lowest BCUT2D eigenvalue weighted by molar-refractivity contribution is -0.116. The number of rotatable bonds is 5. The second kappa shape index (κ2) is 6.57. The van der Waals surface area contributed by atoms with E-state index in [2.05, 4.69) is 26.1 Å². The first-order valence-corrected chi connectivity index (χ1v) is 6.49. The van der Waals surface area contributed by atoms with E-state index in [0.717, 1.165) is 17.9 Å². The molecule has 106 valence electrons. The Labute approximate surface area is 115 Å². The summed E-state index contributed by atoms with van der Waals surface area (Å²) in [5.74, 6) is 0.712. The SMILES string of the molecule is COc1ccc(NC(=O)CC(N)CC(C)(C)C)cc1. The van der Waals surface area contributed by atoms with Gasteiger partial charge in [0.25, 0.3) is 0 Å². The van der Waals surface area contributed by atoms with E-state index in [4.69, 9.17) is 10.5 Å². The van der Waals surface area contributed by atoms with Crippen molar-refractivity contribution in [2.24, 2.45) is 11.1 Å². The molecule has 0 heterocycles. The van der Waals surface area contributed by atoms with Gasteiger partial charge in [0.05, 0.1) is 7.11 Å². The second-order valence-corrected chi connectivity index (χ2v) is 6.01. The van der Waals surface area contributed by atoms with Crippen LogP contribution in [-0.2, 0) is 4.79 Å². The largest absolute Gasteiger partial charge is 0.497 e. The summed E-state index contributed by atoms with van der Waals surface area (Å²) in [6.45, 7) is 6.36. The third kappa shape index (κ3) is 6.25. The van der Waals surface area contributed by atoms with Gasteiger partial charge in [-0.15, -0.1) is 0 Å². The monoisotopic (exact) mass is 264 g/mol. The Morgan fingerprint density at radius 3 is 2.37 bits per heavy atom. The van der Waals surface area contributed by atoms with Gasteiger partial charge in [0.15, 0.2) is 0 Å². The van der Waals surface area contributed by atoms with Gasteiger partial charge in [-0.05, 0) is 36.1 Å². The summed E-state index contributed by atoms with van der Waals surface area (Å²) < 4.78 is 5.06. The van der Waals surface area contributed by atoms with E-state index in [1.165, 1.54) is 0 Å². The van der Waals surface area contributed by atoms with Crippen molar-refractivity contribution >= 4 is 11.6 Å². The number of carbonyl (C=O) groups excluding carboxylic acids is 1. The number of hydrogen-bond acceptors (Lipinski definition) is 3. The van der Waals surface area contributed by atoms with Crippen molar-refractivity contribution in [2.75, 3.05) is 12.4 Å². The standard InChI is InChI=1S/C15H24N2O2/c1-15(2,3)10-11(16)9-14(18)17-12-5-7-13(19-4)8-6-12/h5-8,11H,9-10,16H2,1-4H3,(H,17,18). The lowest BCUT2D eigenvalue weighted by Crippen LogP contribution is -2.31. The van der Waals surface area contributed by atoms with Crippen LogP contribution in [0.15, 0.2) is 24.3 Å². The number of benzene rings is 1. The molecule has 1 aromatic rings. The zero-order chi connectivity index (χ0) is 14.5. The molecule has 0 fully saturated rings. The Morgan fingerprint density at radius 2 is 1.89 bits per heavy atom. The van der Waals surface area contributed by atoms with E-state index in [-0.39, 0.29) is 17.4 Å². The minimum absolute atomic E-state index is 0.0538. The maximum absolute atomic E-state index is 11.8. The van der Waals surface area contributed by atoms with Crippen molar-refractivity contribution in [1.82, 2.24) is 0 Å². The van der Waals surface area contributed by atoms with E-state index < -0.39 is 0 Å². The number of nitrogens with one attached hydrogen (secondary N) is 1. The van der Waals surface area contributed by atoms with Crippen LogP contribution >= 0.6 is 0 Å². The molecule has 1 atom stereocenters. The Morgan fingerprint density at radius 1 is 1.32 bits per heavy atom. The van der Waals surface area contributed by atoms with E-state index in [1.54, 1.807) is 7.11 Å². The second-order valence-electron chi connectivity index (χ2n) is 6.01. The van der Waals surface area contributed by atoms with Gasteiger partial charge in [-0.1, -0.05) is 20.8 Å². The fourth-order valence-corrected chi connectivity index (χ4v) is 1.98. The summed E-state index contributed by atoms with van der Waals surface area (Å²) in [6, 6.07) is 7.13. The van der Waals surface area contributed by atoms with Crippen molar-refractivity contribution in [2.45, 2.75) is 39.7 Å². The van der Waals surface area contributed by atoms with E-state index >= 15 is 0 Å². The third-order valence-corrected chi connectivity index (χ3v) is 2.70. The molecule has 0 saturated carbocycles. The Hall–Kier alpha value is -1.55. The van der Waals surface area contributed by atoms with E-state index in [0.29, 0.717) is 6.42 Å². The fraction of sp³-hybridized carbons (Fsp3) is 0.533. The molecular weight excluding hydrogens is 240 g/mol. The predicted octanol–water partition coefficient (Wildman–Crippen LogP) is 2.79. The topological polar surface area (TPSA) is 64.3 Å². The van der Waals surface area contributed by atoms with Gasteiger partial charge in [0.2, 0.25) is 5.91 Å². The molecule has 3 N–H and O–H groups in total. The van der Waals surface area contributed by atoms with Crippen LogP contribution in [-0.4, -0.2) is 19.1 Å². The molecule has 0 aliphatic carbocycles. The first-order valence-electron chi connectivity index (χ1n) is 6.49. The van der Waals surface area contributed by atoms with E-state index in [9.17, 15) is 4.79 Å². The molecule has 0 bridgehead atoms. The van der Waals surface area contributed by atoms with Gasteiger partial charge in [0, 0.05) is 18.2 Å². The molecule has 4 heteroatoms. The van der Waals surface area contributed by atoms with Crippen LogP contribution in [0.25, 0.3) is 0 Å². The highest BCUT2D eigenvalue weighted by atomic mass is 16.5. The Balaban J connectivity index is 2.46. The highest BCUT2D eigenvalue weighted by molar-refractivity contribution is 5.91. The molecule has 19 heavy (non-hydrogen) atoms. The molecule has 0 saturated heterocycles. The summed E-state index contributed by atoms with van der Waals surface area (Å²) in [6.07, 6.45) is 1.16. The molecule has 0 aliphatic heterocycles. The van der Waals surface area contributed by atoms with Crippen LogP contribution in [0.4, 0.5) is 5.69 Å². The summed E-state index contributed by atoms with van der Waals surface area (Å²) in [5, 5.41) is 2.84. The zero-order valence-electron chi connectivity index (χ0n) is 12.2. The summed E-state index contributed by atoms with van der Waals surface area (Å²) in [4.78, 5) is 11.8. The number of carbonyl (C=O) groups is 1. The first kappa shape index (κ1) is 15.5. The van der Waals surface area contributed by atoms with Crippen molar-refractivity contribution in [3.63, 3.8) is 0 Å². The van der Waals surface area contributed by atoms with Crippen molar-refractivity contribution < 1.29 is 9.53 Å². The minimum Gasteiger partial charge on any atom is -0.497 e. The zero-order valence-corrected chi connectivity index (χ0v) is 12.2. The van der Waals surface area contributed by atoms with Gasteiger partial charge in [-0.2, -0.15) is 0 Å². The first-order chi connectivity index (χ1) is 8.80. The summed E-state index contributed by atoms with van der Waals surface area (Å²) in [5.41, 5.74) is 6.88. The van der Waals surface area contributed by atoms with Crippen molar-refractivity contribution in [1.29, 1.82) is 0 Å². The number of hydrogen-bond donors (Lipinski definition) is 2. The number of anilines is 1. The molecule has 1 aromatic carbocycles. The van der Waals surface area contributed by atoms with Crippen LogP contribution in [0, 0.1) is 5.41 Å². The number of amides is 1. The molecule has 0 aromatic heterocycles. The third-order valence-electron chi connectivity index (χ3n) is 2.70. The lowest BCUT2D eigenvalue weighted by Gasteiger charge is -2.22. The maximum Gasteiger partial charge on any atom is 0.225 e. The fourth-order valence-electron chi connectivity index (χ4n) is 1.98. The average molecular weight is 264 g/mol. The maximum atomic E-state index is 11.8.